The molecule has 1 heterocycles. The van der Waals surface area contributed by atoms with Gasteiger partial charge in [-0.2, -0.15) is 0 Å². The first-order valence-corrected chi connectivity index (χ1v) is 11.5. The zero-order valence-electron chi connectivity index (χ0n) is 19.1. The molecule has 0 saturated heterocycles. The van der Waals surface area contributed by atoms with Crippen LogP contribution in [0, 0.1) is 0 Å². The van der Waals surface area contributed by atoms with E-state index in [1.54, 1.807) is 25.8 Å². The quantitative estimate of drug-likeness (QED) is 0.515. The summed E-state index contributed by atoms with van der Waals surface area (Å²) in [5.74, 6) is 1.57. The second-order valence-electron chi connectivity index (χ2n) is 8.04. The minimum Gasteiger partial charge on any atom is -0.497 e. The van der Waals surface area contributed by atoms with Crippen molar-refractivity contribution >= 4 is 23.4 Å². The van der Waals surface area contributed by atoms with E-state index in [-0.39, 0.29) is 11.3 Å². The number of benzene rings is 2. The highest BCUT2D eigenvalue weighted by atomic mass is 32.2. The molecule has 168 valence electrons. The number of ether oxygens (including phenoxy) is 2. The molecule has 1 amide bonds. The Bertz CT molecular complexity index is 890. The summed E-state index contributed by atoms with van der Waals surface area (Å²) in [4.78, 5) is 20.0. The van der Waals surface area contributed by atoms with Crippen molar-refractivity contribution in [3.05, 3.63) is 48.0 Å². The standard InChI is InChI=1S/C24H33N3O3S/c1-18(28)27-21-9-6-7-10-23(21)31-24(27)20-17-19(29-5)11-12-22(20)30-16-8-13-26(4)15-14-25(2)3/h6-7,9-12,17,24H,8,13-16H2,1-5H3. The number of hydrogen-bond acceptors (Lipinski definition) is 6. The molecule has 0 spiro atoms. The van der Waals surface area contributed by atoms with Gasteiger partial charge in [0.05, 0.1) is 19.4 Å². The molecule has 3 rings (SSSR count). The van der Waals surface area contributed by atoms with Gasteiger partial charge >= 0.3 is 0 Å². The van der Waals surface area contributed by atoms with Crippen molar-refractivity contribution in [1.82, 2.24) is 9.80 Å². The van der Waals surface area contributed by atoms with Crippen molar-refractivity contribution < 1.29 is 14.3 Å². The van der Waals surface area contributed by atoms with Gasteiger partial charge in [0.2, 0.25) is 5.91 Å². The molecule has 1 unspecified atom stereocenters. The van der Waals surface area contributed by atoms with Gasteiger partial charge in [0, 0.05) is 37.0 Å². The highest BCUT2D eigenvalue weighted by molar-refractivity contribution is 8.00. The Morgan fingerprint density at radius 2 is 1.87 bits per heavy atom. The van der Waals surface area contributed by atoms with Gasteiger partial charge in [0.15, 0.2) is 0 Å². The van der Waals surface area contributed by atoms with Crippen molar-refractivity contribution in [1.29, 1.82) is 0 Å². The largest absolute Gasteiger partial charge is 0.497 e. The maximum atomic E-state index is 12.5. The molecule has 7 heteroatoms. The Morgan fingerprint density at radius 1 is 1.10 bits per heavy atom. The molecule has 2 aromatic rings. The summed E-state index contributed by atoms with van der Waals surface area (Å²) in [6.07, 6.45) is 0.934. The number of nitrogens with zero attached hydrogens (tertiary/aromatic N) is 3. The van der Waals surface area contributed by atoms with Crippen LogP contribution < -0.4 is 14.4 Å². The molecule has 0 aliphatic carbocycles. The van der Waals surface area contributed by atoms with Crippen molar-refractivity contribution in [2.24, 2.45) is 0 Å². The number of rotatable bonds is 10. The average molecular weight is 444 g/mol. The second-order valence-corrected chi connectivity index (χ2v) is 9.16. The number of carbonyl (C=O) groups is 1. The highest BCUT2D eigenvalue weighted by Gasteiger charge is 2.35. The van der Waals surface area contributed by atoms with Gasteiger partial charge in [-0.15, -0.1) is 0 Å². The summed E-state index contributed by atoms with van der Waals surface area (Å²) >= 11 is 1.67. The van der Waals surface area contributed by atoms with E-state index in [0.29, 0.717) is 6.61 Å². The van der Waals surface area contributed by atoms with Crippen molar-refractivity contribution in [2.45, 2.75) is 23.6 Å². The first kappa shape index (κ1) is 23.4. The average Bonchev–Trinajstić information content (AvgIpc) is 3.15. The van der Waals surface area contributed by atoms with Gasteiger partial charge in [0.1, 0.15) is 16.9 Å². The molecule has 1 aliphatic rings. The summed E-state index contributed by atoms with van der Waals surface area (Å²) in [5.41, 5.74) is 1.90. The van der Waals surface area contributed by atoms with Crippen molar-refractivity contribution in [3.8, 4) is 11.5 Å². The van der Waals surface area contributed by atoms with E-state index in [0.717, 1.165) is 53.7 Å². The summed E-state index contributed by atoms with van der Waals surface area (Å²) < 4.78 is 11.7. The number of amides is 1. The Kier molecular flexibility index (Phi) is 8.23. The minimum atomic E-state index is -0.178. The maximum absolute atomic E-state index is 12.5. The van der Waals surface area contributed by atoms with Crippen LogP contribution in [-0.2, 0) is 4.79 Å². The number of para-hydroxylation sites is 1. The number of thioether (sulfide) groups is 1. The molecule has 6 nitrogen and oxygen atoms in total. The number of hydrogen-bond donors (Lipinski definition) is 0. The molecule has 0 radical (unpaired) electrons. The topological polar surface area (TPSA) is 45.3 Å². The Morgan fingerprint density at radius 3 is 2.58 bits per heavy atom. The molecule has 0 fully saturated rings. The molecular formula is C24H33N3O3S. The number of anilines is 1. The summed E-state index contributed by atoms with van der Waals surface area (Å²) in [7, 11) is 7.97. The number of carbonyl (C=O) groups excluding carboxylic acids is 1. The fourth-order valence-corrected chi connectivity index (χ4v) is 4.93. The van der Waals surface area contributed by atoms with E-state index < -0.39 is 0 Å². The number of fused-ring (bicyclic) bond motifs is 1. The monoisotopic (exact) mass is 443 g/mol. The zero-order chi connectivity index (χ0) is 22.4. The molecule has 0 aromatic heterocycles. The smallest absolute Gasteiger partial charge is 0.225 e. The molecule has 0 N–H and O–H groups in total. The molecule has 0 saturated carbocycles. The van der Waals surface area contributed by atoms with E-state index in [9.17, 15) is 4.79 Å². The van der Waals surface area contributed by atoms with Crippen LogP contribution in [0.3, 0.4) is 0 Å². The van der Waals surface area contributed by atoms with Gasteiger partial charge in [-0.3, -0.25) is 9.69 Å². The summed E-state index contributed by atoms with van der Waals surface area (Å²) in [6.45, 7) is 5.28. The third kappa shape index (κ3) is 5.93. The van der Waals surface area contributed by atoms with E-state index in [1.165, 1.54) is 0 Å². The van der Waals surface area contributed by atoms with Gasteiger partial charge in [-0.05, 0) is 57.9 Å². The Hall–Kier alpha value is -2.22. The van der Waals surface area contributed by atoms with Gasteiger partial charge in [-0.1, -0.05) is 23.9 Å². The van der Waals surface area contributed by atoms with Gasteiger partial charge in [0.25, 0.3) is 0 Å². The first-order chi connectivity index (χ1) is 14.9. The molecule has 0 bridgehead atoms. The Labute approximate surface area is 190 Å². The minimum absolute atomic E-state index is 0.0127. The Balaban J connectivity index is 1.73. The lowest BCUT2D eigenvalue weighted by Gasteiger charge is -2.26. The summed E-state index contributed by atoms with van der Waals surface area (Å²) in [6, 6.07) is 13.9. The SMILES string of the molecule is COc1ccc(OCCCN(C)CCN(C)C)c(C2Sc3ccccc3N2C(C)=O)c1. The van der Waals surface area contributed by atoms with E-state index >= 15 is 0 Å². The normalized spacial score (nSPS) is 15.5. The van der Waals surface area contributed by atoms with Gasteiger partial charge in [-0.25, -0.2) is 0 Å². The highest BCUT2D eigenvalue weighted by Crippen LogP contribution is 2.53. The molecule has 2 aromatic carbocycles. The first-order valence-electron chi connectivity index (χ1n) is 10.6. The molecular weight excluding hydrogens is 410 g/mol. The van der Waals surface area contributed by atoms with Crippen molar-refractivity contribution in [2.75, 3.05) is 59.4 Å². The van der Waals surface area contributed by atoms with Crippen LogP contribution in [0.4, 0.5) is 5.69 Å². The zero-order valence-corrected chi connectivity index (χ0v) is 19.9. The van der Waals surface area contributed by atoms with E-state index in [1.807, 2.05) is 41.3 Å². The van der Waals surface area contributed by atoms with Crippen LogP contribution in [0.1, 0.15) is 24.3 Å². The molecule has 1 atom stereocenters. The van der Waals surface area contributed by atoms with Crippen LogP contribution in [0.5, 0.6) is 11.5 Å². The predicted molar refractivity (Wildman–Crippen MR) is 127 cm³/mol. The van der Waals surface area contributed by atoms with Crippen LogP contribution in [-0.4, -0.2) is 70.2 Å². The van der Waals surface area contributed by atoms with E-state index in [2.05, 4.69) is 37.0 Å². The third-order valence-electron chi connectivity index (χ3n) is 5.29. The van der Waals surface area contributed by atoms with Crippen LogP contribution >= 0.6 is 11.8 Å². The fourth-order valence-electron chi connectivity index (χ4n) is 3.57. The molecule has 31 heavy (non-hydrogen) atoms. The van der Waals surface area contributed by atoms with E-state index in [4.69, 9.17) is 9.47 Å². The lowest BCUT2D eigenvalue weighted by atomic mass is 10.1. The maximum Gasteiger partial charge on any atom is 0.225 e. The fraction of sp³-hybridized carbons (Fsp3) is 0.458. The lowest BCUT2D eigenvalue weighted by Crippen LogP contribution is -2.30. The number of methoxy groups -OCH3 is 1. The molecule has 1 aliphatic heterocycles. The van der Waals surface area contributed by atoms with Gasteiger partial charge < -0.3 is 19.3 Å². The lowest BCUT2D eigenvalue weighted by molar-refractivity contribution is -0.116. The second kappa shape index (κ2) is 10.9. The van der Waals surface area contributed by atoms with Crippen LogP contribution in [0.15, 0.2) is 47.4 Å². The number of likely N-dealkylation sites (N-methyl/N-ethyl adjacent to an activating group) is 2. The third-order valence-corrected chi connectivity index (χ3v) is 6.58. The summed E-state index contributed by atoms with van der Waals surface area (Å²) in [5, 5.41) is -0.178. The van der Waals surface area contributed by atoms with Crippen molar-refractivity contribution in [3.63, 3.8) is 0 Å². The van der Waals surface area contributed by atoms with Crippen LogP contribution in [0.25, 0.3) is 0 Å². The predicted octanol–water partition coefficient (Wildman–Crippen LogP) is 4.11. The van der Waals surface area contributed by atoms with Crippen LogP contribution in [0.2, 0.25) is 0 Å².